The summed E-state index contributed by atoms with van der Waals surface area (Å²) >= 11 is 3.30. The highest BCUT2D eigenvalue weighted by Gasteiger charge is 2.11. The molecule has 0 amide bonds. The van der Waals surface area contributed by atoms with Gasteiger partial charge in [-0.3, -0.25) is 0 Å². The molecule has 0 spiro atoms. The second-order valence-electron chi connectivity index (χ2n) is 4.24. The van der Waals surface area contributed by atoms with Gasteiger partial charge in [-0.25, -0.2) is 0 Å². The average Bonchev–Trinajstić information content (AvgIpc) is 2.86. The summed E-state index contributed by atoms with van der Waals surface area (Å²) in [5, 5.41) is 12.9. The lowest BCUT2D eigenvalue weighted by Gasteiger charge is -2.05. The maximum Gasteiger partial charge on any atom is 0.264 e. The maximum atomic E-state index is 9.01. The number of ether oxygens (including phenoxy) is 1. The molecule has 0 radical (unpaired) electrons. The molecule has 5 nitrogen and oxygen atoms in total. The monoisotopic (exact) mass is 321 g/mol. The summed E-state index contributed by atoms with van der Waals surface area (Å²) in [5.41, 5.74) is 0.456. The van der Waals surface area contributed by atoms with E-state index in [9.17, 15) is 0 Å². The SMILES string of the molecule is CC(C)c1noc(COc2ccc(Br)cc2C#N)n1. The van der Waals surface area contributed by atoms with Gasteiger partial charge < -0.3 is 9.26 Å². The fourth-order valence-electron chi connectivity index (χ4n) is 1.42. The van der Waals surface area contributed by atoms with Gasteiger partial charge in [0.1, 0.15) is 11.8 Å². The molecule has 0 unspecified atom stereocenters. The maximum absolute atomic E-state index is 9.01. The van der Waals surface area contributed by atoms with Gasteiger partial charge in [0.2, 0.25) is 0 Å². The van der Waals surface area contributed by atoms with Crippen LogP contribution in [0.15, 0.2) is 27.2 Å². The van der Waals surface area contributed by atoms with Crippen LogP contribution in [-0.2, 0) is 6.61 Å². The van der Waals surface area contributed by atoms with E-state index in [-0.39, 0.29) is 12.5 Å². The lowest BCUT2D eigenvalue weighted by molar-refractivity contribution is 0.242. The van der Waals surface area contributed by atoms with Gasteiger partial charge in [0.15, 0.2) is 12.4 Å². The minimum Gasteiger partial charge on any atom is -0.482 e. The molecular formula is C13H12BrN3O2. The smallest absolute Gasteiger partial charge is 0.264 e. The average molecular weight is 322 g/mol. The van der Waals surface area contributed by atoms with Gasteiger partial charge in [-0.1, -0.05) is 34.9 Å². The number of nitriles is 1. The quantitative estimate of drug-likeness (QED) is 0.862. The zero-order valence-electron chi connectivity index (χ0n) is 10.6. The molecule has 0 saturated carbocycles. The van der Waals surface area contributed by atoms with Crippen LogP contribution < -0.4 is 4.74 Å². The highest BCUT2D eigenvalue weighted by molar-refractivity contribution is 9.10. The molecular weight excluding hydrogens is 310 g/mol. The second kappa shape index (κ2) is 5.85. The number of halogens is 1. The van der Waals surface area contributed by atoms with Gasteiger partial charge in [0, 0.05) is 10.4 Å². The predicted molar refractivity (Wildman–Crippen MR) is 71.6 cm³/mol. The summed E-state index contributed by atoms with van der Waals surface area (Å²) in [6.07, 6.45) is 0. The van der Waals surface area contributed by atoms with E-state index in [0.717, 1.165) is 4.47 Å². The number of hydrogen-bond donors (Lipinski definition) is 0. The molecule has 0 aliphatic heterocycles. The summed E-state index contributed by atoms with van der Waals surface area (Å²) < 4.78 is 11.4. The van der Waals surface area contributed by atoms with E-state index in [2.05, 4.69) is 32.1 Å². The second-order valence-corrected chi connectivity index (χ2v) is 5.16. The summed E-state index contributed by atoms with van der Waals surface area (Å²) in [4.78, 5) is 4.20. The van der Waals surface area contributed by atoms with Gasteiger partial charge in [-0.15, -0.1) is 0 Å². The van der Waals surface area contributed by atoms with Crippen LogP contribution in [-0.4, -0.2) is 10.1 Å². The molecule has 0 fully saturated rings. The highest BCUT2D eigenvalue weighted by atomic mass is 79.9. The molecule has 98 valence electrons. The van der Waals surface area contributed by atoms with Gasteiger partial charge in [0.05, 0.1) is 5.56 Å². The van der Waals surface area contributed by atoms with Crippen molar-refractivity contribution in [1.82, 2.24) is 10.1 Å². The summed E-state index contributed by atoms with van der Waals surface area (Å²) in [6.45, 7) is 4.12. The van der Waals surface area contributed by atoms with Crippen LogP contribution in [0.2, 0.25) is 0 Å². The molecule has 1 heterocycles. The van der Waals surface area contributed by atoms with Crippen molar-refractivity contribution in [2.75, 3.05) is 0 Å². The molecule has 19 heavy (non-hydrogen) atoms. The Morgan fingerprint density at radius 2 is 2.26 bits per heavy atom. The van der Waals surface area contributed by atoms with Crippen molar-refractivity contribution >= 4 is 15.9 Å². The molecule has 0 bridgehead atoms. The Kier molecular flexibility index (Phi) is 4.17. The van der Waals surface area contributed by atoms with Gasteiger partial charge in [-0.05, 0) is 18.2 Å². The lowest BCUT2D eigenvalue weighted by atomic mass is 10.2. The molecule has 0 aliphatic carbocycles. The predicted octanol–water partition coefficient (Wildman–Crippen LogP) is 3.41. The van der Waals surface area contributed by atoms with E-state index >= 15 is 0 Å². The standard InChI is InChI=1S/C13H12BrN3O2/c1-8(2)13-16-12(19-17-13)7-18-11-4-3-10(14)5-9(11)6-15/h3-5,8H,7H2,1-2H3. The molecule has 0 saturated heterocycles. The van der Waals surface area contributed by atoms with E-state index in [1.807, 2.05) is 19.9 Å². The number of nitrogens with zero attached hydrogens (tertiary/aromatic N) is 3. The molecule has 2 rings (SSSR count). The molecule has 0 atom stereocenters. The largest absolute Gasteiger partial charge is 0.482 e. The van der Waals surface area contributed by atoms with Gasteiger partial charge in [-0.2, -0.15) is 10.2 Å². The Hall–Kier alpha value is -1.87. The van der Waals surface area contributed by atoms with Crippen LogP contribution in [0.1, 0.15) is 37.0 Å². The van der Waals surface area contributed by atoms with Crippen molar-refractivity contribution in [3.05, 3.63) is 40.0 Å². The number of aromatic nitrogens is 2. The summed E-state index contributed by atoms with van der Waals surface area (Å²) in [6, 6.07) is 7.31. The first kappa shape index (κ1) is 13.6. The fraction of sp³-hybridized carbons (Fsp3) is 0.308. The molecule has 6 heteroatoms. The third kappa shape index (κ3) is 3.32. The van der Waals surface area contributed by atoms with Crippen molar-refractivity contribution in [3.8, 4) is 11.8 Å². The fourth-order valence-corrected chi connectivity index (χ4v) is 1.78. The Balaban J connectivity index is 2.08. The first-order valence-electron chi connectivity index (χ1n) is 5.75. The van der Waals surface area contributed by atoms with Crippen LogP contribution >= 0.6 is 15.9 Å². The normalized spacial score (nSPS) is 10.5. The number of rotatable bonds is 4. The first-order chi connectivity index (χ1) is 9.10. The summed E-state index contributed by atoms with van der Waals surface area (Å²) in [7, 11) is 0. The van der Waals surface area contributed by atoms with Crippen LogP contribution in [0.5, 0.6) is 5.75 Å². The molecule has 1 aromatic carbocycles. The van der Waals surface area contributed by atoms with Crippen molar-refractivity contribution in [1.29, 1.82) is 5.26 Å². The first-order valence-corrected chi connectivity index (χ1v) is 6.54. The van der Waals surface area contributed by atoms with Crippen LogP contribution in [0.4, 0.5) is 0 Å². The topological polar surface area (TPSA) is 71.9 Å². The van der Waals surface area contributed by atoms with Crippen LogP contribution in [0.3, 0.4) is 0 Å². The Morgan fingerprint density at radius 3 is 2.89 bits per heavy atom. The lowest BCUT2D eigenvalue weighted by Crippen LogP contribution is -1.98. The minimum absolute atomic E-state index is 0.149. The van der Waals surface area contributed by atoms with E-state index < -0.39 is 0 Å². The third-order valence-corrected chi connectivity index (χ3v) is 2.91. The highest BCUT2D eigenvalue weighted by Crippen LogP contribution is 2.23. The van der Waals surface area contributed by atoms with Crippen LogP contribution in [0, 0.1) is 11.3 Å². The zero-order chi connectivity index (χ0) is 13.8. The molecule has 0 N–H and O–H groups in total. The minimum atomic E-state index is 0.149. The van der Waals surface area contributed by atoms with Gasteiger partial charge >= 0.3 is 0 Å². The van der Waals surface area contributed by atoms with Crippen molar-refractivity contribution < 1.29 is 9.26 Å². The number of benzene rings is 1. The van der Waals surface area contributed by atoms with E-state index in [4.69, 9.17) is 14.5 Å². The Labute approximate surface area is 119 Å². The van der Waals surface area contributed by atoms with Gasteiger partial charge in [0.25, 0.3) is 5.89 Å². The van der Waals surface area contributed by atoms with Crippen molar-refractivity contribution in [3.63, 3.8) is 0 Å². The van der Waals surface area contributed by atoms with E-state index in [1.165, 1.54) is 0 Å². The van der Waals surface area contributed by atoms with Crippen molar-refractivity contribution in [2.45, 2.75) is 26.4 Å². The Bertz CT molecular complexity index is 617. The number of hydrogen-bond acceptors (Lipinski definition) is 5. The zero-order valence-corrected chi connectivity index (χ0v) is 12.1. The van der Waals surface area contributed by atoms with Crippen molar-refractivity contribution in [2.24, 2.45) is 0 Å². The van der Waals surface area contributed by atoms with E-state index in [0.29, 0.717) is 23.0 Å². The summed E-state index contributed by atoms with van der Waals surface area (Å²) in [5.74, 6) is 1.75. The molecule has 1 aromatic heterocycles. The Morgan fingerprint density at radius 1 is 1.47 bits per heavy atom. The molecule has 0 aliphatic rings. The van der Waals surface area contributed by atoms with Crippen LogP contribution in [0.25, 0.3) is 0 Å². The molecule has 2 aromatic rings. The van der Waals surface area contributed by atoms with E-state index in [1.54, 1.807) is 12.1 Å². The third-order valence-electron chi connectivity index (χ3n) is 2.41.